The van der Waals surface area contributed by atoms with Crippen LogP contribution in [-0.2, 0) is 13.0 Å². The van der Waals surface area contributed by atoms with E-state index in [9.17, 15) is 4.79 Å². The summed E-state index contributed by atoms with van der Waals surface area (Å²) in [7, 11) is 0. The minimum atomic E-state index is -0.304. The molecule has 2 heterocycles. The number of halogens is 1. The quantitative estimate of drug-likeness (QED) is 0.414. The summed E-state index contributed by atoms with van der Waals surface area (Å²) >= 11 is 5.98. The molecule has 0 saturated carbocycles. The Morgan fingerprint density at radius 1 is 1.03 bits per heavy atom. The molecule has 0 radical (unpaired) electrons. The lowest BCUT2D eigenvalue weighted by Crippen LogP contribution is -3.12. The summed E-state index contributed by atoms with van der Waals surface area (Å²) in [6.07, 6.45) is 0.968. The molecule has 1 aliphatic rings. The van der Waals surface area contributed by atoms with Gasteiger partial charge < -0.3 is 9.15 Å². The van der Waals surface area contributed by atoms with Gasteiger partial charge in [0.2, 0.25) is 6.73 Å². The first kappa shape index (κ1) is 18.2. The van der Waals surface area contributed by atoms with Crippen molar-refractivity contribution >= 4 is 33.3 Å². The molecule has 4 aromatic rings. The third-order valence-corrected chi connectivity index (χ3v) is 5.96. The fourth-order valence-electron chi connectivity index (χ4n) is 4.19. The van der Waals surface area contributed by atoms with E-state index < -0.39 is 0 Å². The monoisotopic (exact) mass is 406 g/mol. The summed E-state index contributed by atoms with van der Waals surface area (Å²) in [4.78, 5) is 13.8. The summed E-state index contributed by atoms with van der Waals surface area (Å²) in [6, 6.07) is 17.8. The molecule has 3 aromatic carbocycles. The van der Waals surface area contributed by atoms with Gasteiger partial charge in [-0.3, -0.25) is 4.90 Å². The Labute approximate surface area is 173 Å². The number of hydrogen-bond acceptors (Lipinski definition) is 3. The fourth-order valence-corrected chi connectivity index (χ4v) is 4.31. The topological polar surface area (TPSA) is 43.9 Å². The number of benzene rings is 3. The van der Waals surface area contributed by atoms with Gasteiger partial charge >= 0.3 is 5.63 Å². The standard InChI is InChI=1S/C24H20ClNO3/c1-15-22-17(12-21-19-4-2-3-5-20(19)24(27)29-23(15)21)13-26(14-28-22)11-10-16-6-8-18(25)9-7-16/h2-9,12H,10-11,13-14H2,1H3/p+1. The molecule has 146 valence electrons. The molecule has 0 fully saturated rings. The third kappa shape index (κ3) is 3.28. The van der Waals surface area contributed by atoms with Crippen LogP contribution in [0.25, 0.3) is 21.7 Å². The first-order chi connectivity index (χ1) is 14.1. The van der Waals surface area contributed by atoms with Crippen LogP contribution in [0.2, 0.25) is 5.02 Å². The van der Waals surface area contributed by atoms with Gasteiger partial charge in [0, 0.05) is 28.0 Å². The molecule has 4 nitrogen and oxygen atoms in total. The van der Waals surface area contributed by atoms with E-state index in [1.807, 2.05) is 43.3 Å². The van der Waals surface area contributed by atoms with Crippen LogP contribution in [0.5, 0.6) is 5.75 Å². The van der Waals surface area contributed by atoms with Gasteiger partial charge in [-0.15, -0.1) is 0 Å². The average Bonchev–Trinajstić information content (AvgIpc) is 2.74. The highest BCUT2D eigenvalue weighted by atomic mass is 35.5. The van der Waals surface area contributed by atoms with Crippen molar-refractivity contribution in [1.82, 2.24) is 0 Å². The van der Waals surface area contributed by atoms with Crippen molar-refractivity contribution in [2.75, 3.05) is 13.3 Å². The van der Waals surface area contributed by atoms with Crippen LogP contribution in [0.4, 0.5) is 0 Å². The van der Waals surface area contributed by atoms with Gasteiger partial charge in [-0.25, -0.2) is 4.79 Å². The fraction of sp³-hybridized carbons (Fsp3) is 0.208. The molecule has 1 atom stereocenters. The lowest BCUT2D eigenvalue weighted by molar-refractivity contribution is -0.932. The molecule has 29 heavy (non-hydrogen) atoms. The molecule has 1 N–H and O–H groups in total. The summed E-state index contributed by atoms with van der Waals surface area (Å²) in [5.74, 6) is 0.853. The maximum absolute atomic E-state index is 12.4. The van der Waals surface area contributed by atoms with E-state index in [0.29, 0.717) is 17.7 Å². The first-order valence-electron chi connectivity index (χ1n) is 9.79. The van der Waals surface area contributed by atoms with Crippen LogP contribution < -0.4 is 15.3 Å². The lowest BCUT2D eigenvalue weighted by atomic mass is 10.00. The first-order valence-corrected chi connectivity index (χ1v) is 10.2. The highest BCUT2D eigenvalue weighted by molar-refractivity contribution is 6.30. The van der Waals surface area contributed by atoms with Crippen molar-refractivity contribution in [2.45, 2.75) is 19.9 Å². The van der Waals surface area contributed by atoms with Crippen molar-refractivity contribution in [3.63, 3.8) is 0 Å². The van der Waals surface area contributed by atoms with Crippen molar-refractivity contribution in [3.05, 3.63) is 86.7 Å². The summed E-state index contributed by atoms with van der Waals surface area (Å²) in [5.41, 5.74) is 3.65. The largest absolute Gasteiger partial charge is 0.444 e. The number of aryl methyl sites for hydroxylation is 1. The van der Waals surface area contributed by atoms with E-state index in [1.54, 1.807) is 0 Å². The van der Waals surface area contributed by atoms with Crippen LogP contribution in [0.15, 0.2) is 63.8 Å². The molecule has 1 aromatic heterocycles. The Bertz CT molecular complexity index is 1280. The van der Waals surface area contributed by atoms with Crippen LogP contribution in [0, 0.1) is 6.92 Å². The van der Waals surface area contributed by atoms with Gasteiger partial charge in [0.05, 0.1) is 11.9 Å². The predicted octanol–water partition coefficient (Wildman–Crippen LogP) is 3.89. The molecule has 1 aliphatic heterocycles. The van der Waals surface area contributed by atoms with Crippen LogP contribution >= 0.6 is 11.6 Å². The Morgan fingerprint density at radius 2 is 1.79 bits per heavy atom. The van der Waals surface area contributed by atoms with E-state index in [4.69, 9.17) is 20.8 Å². The molecule has 1 unspecified atom stereocenters. The smallest absolute Gasteiger partial charge is 0.344 e. The summed E-state index contributed by atoms with van der Waals surface area (Å²) in [5, 5.41) is 3.28. The van der Waals surface area contributed by atoms with Crippen LogP contribution in [0.3, 0.4) is 0 Å². The zero-order valence-electron chi connectivity index (χ0n) is 16.1. The maximum Gasteiger partial charge on any atom is 0.344 e. The van der Waals surface area contributed by atoms with E-state index in [0.717, 1.165) is 52.2 Å². The SMILES string of the molecule is Cc1c2c(cc3c1oc(=O)c1ccccc13)C[NH+](CCc1ccc(Cl)cc1)CO2. The number of fused-ring (bicyclic) bond motifs is 4. The zero-order valence-corrected chi connectivity index (χ0v) is 16.9. The third-order valence-electron chi connectivity index (χ3n) is 5.71. The Hall–Kier alpha value is -2.82. The Balaban J connectivity index is 1.49. The van der Waals surface area contributed by atoms with Gasteiger partial charge in [-0.2, -0.15) is 0 Å². The van der Waals surface area contributed by atoms with Gasteiger partial charge in [0.25, 0.3) is 0 Å². The molecule has 0 saturated heterocycles. The Kier molecular flexibility index (Phi) is 4.53. The minimum absolute atomic E-state index is 0.304. The number of quaternary nitrogens is 1. The van der Waals surface area contributed by atoms with Crippen molar-refractivity contribution in [1.29, 1.82) is 0 Å². The molecule has 0 amide bonds. The van der Waals surface area contributed by atoms with Crippen molar-refractivity contribution in [3.8, 4) is 5.75 Å². The second kappa shape index (κ2) is 7.21. The van der Waals surface area contributed by atoms with E-state index in [2.05, 4.69) is 18.2 Å². The normalized spacial score (nSPS) is 16.0. The number of nitrogens with one attached hydrogen (secondary N) is 1. The van der Waals surface area contributed by atoms with Crippen LogP contribution in [0.1, 0.15) is 16.7 Å². The van der Waals surface area contributed by atoms with Gasteiger partial charge in [0.1, 0.15) is 17.9 Å². The number of rotatable bonds is 3. The molecule has 0 spiro atoms. The predicted molar refractivity (Wildman–Crippen MR) is 115 cm³/mol. The second-order valence-electron chi connectivity index (χ2n) is 7.64. The Morgan fingerprint density at radius 3 is 2.59 bits per heavy atom. The molecule has 0 aliphatic carbocycles. The maximum atomic E-state index is 12.4. The highest BCUT2D eigenvalue weighted by Gasteiger charge is 2.25. The van der Waals surface area contributed by atoms with E-state index >= 15 is 0 Å². The number of ether oxygens (including phenoxy) is 1. The van der Waals surface area contributed by atoms with Gasteiger partial charge in [-0.05, 0) is 42.1 Å². The van der Waals surface area contributed by atoms with Crippen LogP contribution in [-0.4, -0.2) is 13.3 Å². The zero-order chi connectivity index (χ0) is 20.0. The molecule has 0 bridgehead atoms. The van der Waals surface area contributed by atoms with E-state index in [1.165, 1.54) is 10.5 Å². The molecule has 5 rings (SSSR count). The summed E-state index contributed by atoms with van der Waals surface area (Å²) < 4.78 is 11.8. The second-order valence-corrected chi connectivity index (χ2v) is 8.08. The summed E-state index contributed by atoms with van der Waals surface area (Å²) in [6.45, 7) is 4.43. The van der Waals surface area contributed by atoms with Gasteiger partial charge in [0.15, 0.2) is 0 Å². The van der Waals surface area contributed by atoms with Gasteiger partial charge in [-0.1, -0.05) is 41.9 Å². The molecular formula is C24H21ClNO3+. The van der Waals surface area contributed by atoms with Crippen molar-refractivity contribution in [2.24, 2.45) is 0 Å². The van der Waals surface area contributed by atoms with E-state index in [-0.39, 0.29) is 5.63 Å². The minimum Gasteiger partial charge on any atom is -0.444 e. The average molecular weight is 407 g/mol. The number of hydrogen-bond donors (Lipinski definition) is 1. The molecule has 5 heteroatoms. The van der Waals surface area contributed by atoms with Crippen molar-refractivity contribution < 1.29 is 14.1 Å². The highest BCUT2D eigenvalue weighted by Crippen LogP contribution is 2.34. The lowest BCUT2D eigenvalue weighted by Gasteiger charge is -2.27. The molecular weight excluding hydrogens is 386 g/mol.